The molecule has 0 fully saturated rings. The zero-order valence-corrected chi connectivity index (χ0v) is 10.4. The summed E-state index contributed by atoms with van der Waals surface area (Å²) in [7, 11) is 0. The van der Waals surface area contributed by atoms with E-state index in [9.17, 15) is 4.79 Å². The van der Waals surface area contributed by atoms with Crippen molar-refractivity contribution in [3.05, 3.63) is 22.8 Å². The topological polar surface area (TPSA) is 86.2 Å². The first kappa shape index (κ1) is 11.7. The number of aryl methyl sites for hydroxylation is 2. The molecule has 6 nitrogen and oxygen atoms in total. The first-order valence-corrected chi connectivity index (χ1v) is 5.42. The number of fused-ring (bicyclic) bond motifs is 1. The van der Waals surface area contributed by atoms with Crippen molar-refractivity contribution in [3.63, 3.8) is 0 Å². The molecule has 6 heteroatoms. The largest absolute Gasteiger partial charge is 0.321 e. The minimum Gasteiger partial charge on any atom is -0.321 e. The van der Waals surface area contributed by atoms with Crippen LogP contribution in [0.4, 0.5) is 0 Å². The summed E-state index contributed by atoms with van der Waals surface area (Å²) in [6.07, 6.45) is 0. The summed E-state index contributed by atoms with van der Waals surface area (Å²) in [6, 6.07) is -0.602. The van der Waals surface area contributed by atoms with Crippen molar-refractivity contribution >= 4 is 11.6 Å². The highest BCUT2D eigenvalue weighted by Gasteiger charge is 2.18. The van der Waals surface area contributed by atoms with Crippen LogP contribution in [0.1, 0.15) is 34.5 Å². The van der Waals surface area contributed by atoms with Crippen LogP contribution in [-0.2, 0) is 0 Å². The molecule has 0 aliphatic carbocycles. The molecule has 2 aromatic rings. The molecule has 2 aromatic heterocycles. The fraction of sp³-hybridized carbons (Fsp3) is 0.455. The molecule has 0 saturated heterocycles. The molecule has 2 rings (SSSR count). The second-order valence-corrected chi connectivity index (χ2v) is 4.21. The second kappa shape index (κ2) is 3.89. The van der Waals surface area contributed by atoms with Gasteiger partial charge in [-0.1, -0.05) is 0 Å². The van der Waals surface area contributed by atoms with E-state index in [0.29, 0.717) is 5.78 Å². The van der Waals surface area contributed by atoms with Crippen LogP contribution in [0.2, 0.25) is 0 Å². The van der Waals surface area contributed by atoms with Crippen LogP contribution in [-0.4, -0.2) is 31.4 Å². The Morgan fingerprint density at radius 3 is 2.53 bits per heavy atom. The van der Waals surface area contributed by atoms with Crippen LogP contribution < -0.4 is 5.73 Å². The van der Waals surface area contributed by atoms with Crippen LogP contribution in [0.25, 0.3) is 5.78 Å². The van der Waals surface area contributed by atoms with Gasteiger partial charge in [0.2, 0.25) is 11.6 Å². The Kier molecular flexibility index (Phi) is 2.66. The van der Waals surface area contributed by atoms with E-state index in [1.54, 1.807) is 11.4 Å². The van der Waals surface area contributed by atoms with Crippen LogP contribution in [0.15, 0.2) is 0 Å². The summed E-state index contributed by atoms with van der Waals surface area (Å²) in [5.41, 5.74) is 8.40. The molecule has 2 heterocycles. The highest BCUT2D eigenvalue weighted by atomic mass is 16.1. The first-order valence-electron chi connectivity index (χ1n) is 5.42. The predicted molar refractivity (Wildman–Crippen MR) is 63.0 cm³/mol. The van der Waals surface area contributed by atoms with Crippen molar-refractivity contribution in [1.82, 2.24) is 19.6 Å². The molecule has 0 saturated carbocycles. The number of carbonyl (C=O) groups is 1. The monoisotopic (exact) mass is 233 g/mol. The summed E-state index contributed by atoms with van der Waals surface area (Å²) in [5.74, 6) is 0.292. The van der Waals surface area contributed by atoms with E-state index in [1.165, 1.54) is 0 Å². The second-order valence-electron chi connectivity index (χ2n) is 4.21. The Balaban J connectivity index is 2.66. The highest BCUT2D eigenvalue weighted by molar-refractivity contribution is 5.96. The zero-order valence-electron chi connectivity index (χ0n) is 10.4. The third-order valence-corrected chi connectivity index (χ3v) is 2.89. The summed E-state index contributed by atoms with van der Waals surface area (Å²) >= 11 is 0. The predicted octanol–water partition coefficient (Wildman–Crippen LogP) is 0.579. The van der Waals surface area contributed by atoms with Gasteiger partial charge in [0.05, 0.1) is 6.04 Å². The molecule has 1 atom stereocenters. The Labute approximate surface area is 98.9 Å². The molecule has 17 heavy (non-hydrogen) atoms. The lowest BCUT2D eigenvalue weighted by Crippen LogP contribution is -2.27. The standard InChI is InChI=1S/C11H15N5O/c1-5-7(3)13-11-14-10(9(17)6(2)12)15-16(11)8(5)4/h6H,12H2,1-4H3. The average Bonchev–Trinajstić information content (AvgIpc) is 2.68. The summed E-state index contributed by atoms with van der Waals surface area (Å²) < 4.78 is 1.58. The maximum absolute atomic E-state index is 11.7. The zero-order chi connectivity index (χ0) is 12.7. The summed E-state index contributed by atoms with van der Waals surface area (Å²) in [5, 5.41) is 4.15. The Hall–Kier alpha value is -1.82. The van der Waals surface area contributed by atoms with E-state index >= 15 is 0 Å². The number of nitrogens with two attached hydrogens (primary N) is 1. The maximum atomic E-state index is 11.7. The van der Waals surface area contributed by atoms with E-state index in [0.717, 1.165) is 17.0 Å². The molecule has 1 unspecified atom stereocenters. The number of Topliss-reactive ketones (excluding diaryl/α,β-unsaturated/α-hetero) is 1. The van der Waals surface area contributed by atoms with Crippen LogP contribution in [0.5, 0.6) is 0 Å². The molecule has 0 aliphatic rings. The summed E-state index contributed by atoms with van der Waals surface area (Å²) in [4.78, 5) is 20.1. The van der Waals surface area contributed by atoms with Crippen LogP contribution in [0.3, 0.4) is 0 Å². The normalized spacial score (nSPS) is 13.0. The number of rotatable bonds is 2. The third kappa shape index (κ3) is 1.80. The average molecular weight is 233 g/mol. The number of carbonyl (C=O) groups excluding carboxylic acids is 1. The van der Waals surface area contributed by atoms with Gasteiger partial charge in [-0.3, -0.25) is 4.79 Å². The molecule has 0 bridgehead atoms. The van der Waals surface area contributed by atoms with Crippen molar-refractivity contribution in [2.45, 2.75) is 33.7 Å². The van der Waals surface area contributed by atoms with Crippen molar-refractivity contribution in [2.75, 3.05) is 0 Å². The third-order valence-electron chi connectivity index (χ3n) is 2.89. The minimum absolute atomic E-state index is 0.126. The van der Waals surface area contributed by atoms with Gasteiger partial charge in [0.15, 0.2) is 0 Å². The molecule has 0 spiro atoms. The SMILES string of the molecule is Cc1nc2nc(C(=O)C(C)N)nn2c(C)c1C. The molecule has 2 N–H and O–H groups in total. The van der Waals surface area contributed by atoms with E-state index in [-0.39, 0.29) is 11.6 Å². The molecule has 0 radical (unpaired) electrons. The number of ketones is 1. The minimum atomic E-state index is -0.602. The fourth-order valence-electron chi connectivity index (χ4n) is 1.56. The lowest BCUT2D eigenvalue weighted by atomic mass is 10.2. The maximum Gasteiger partial charge on any atom is 0.253 e. The van der Waals surface area contributed by atoms with Crippen LogP contribution in [0, 0.1) is 20.8 Å². The van der Waals surface area contributed by atoms with Crippen LogP contribution >= 0.6 is 0 Å². The Morgan fingerprint density at radius 1 is 1.29 bits per heavy atom. The lowest BCUT2D eigenvalue weighted by Gasteiger charge is -2.04. The molecule has 90 valence electrons. The fourth-order valence-corrected chi connectivity index (χ4v) is 1.56. The molecule has 0 aromatic carbocycles. The van der Waals surface area contributed by atoms with E-state index in [2.05, 4.69) is 15.1 Å². The van der Waals surface area contributed by atoms with Crippen molar-refractivity contribution in [1.29, 1.82) is 0 Å². The van der Waals surface area contributed by atoms with Gasteiger partial charge >= 0.3 is 0 Å². The van der Waals surface area contributed by atoms with Crippen molar-refractivity contribution in [2.24, 2.45) is 5.73 Å². The number of hydrogen-bond donors (Lipinski definition) is 1. The number of nitrogens with zero attached hydrogens (tertiary/aromatic N) is 4. The van der Waals surface area contributed by atoms with Gasteiger partial charge in [0, 0.05) is 11.4 Å². The van der Waals surface area contributed by atoms with E-state index in [1.807, 2.05) is 20.8 Å². The lowest BCUT2D eigenvalue weighted by molar-refractivity contribution is 0.0958. The first-order chi connectivity index (χ1) is 7.91. The van der Waals surface area contributed by atoms with E-state index in [4.69, 9.17) is 5.73 Å². The van der Waals surface area contributed by atoms with Gasteiger partial charge in [-0.15, -0.1) is 5.10 Å². The van der Waals surface area contributed by atoms with Gasteiger partial charge in [0.1, 0.15) is 0 Å². The van der Waals surface area contributed by atoms with Gasteiger partial charge in [-0.05, 0) is 33.3 Å². The quantitative estimate of drug-likeness (QED) is 0.767. The molecular weight excluding hydrogens is 218 g/mol. The highest BCUT2D eigenvalue weighted by Crippen LogP contribution is 2.12. The van der Waals surface area contributed by atoms with Gasteiger partial charge in [-0.2, -0.15) is 4.98 Å². The number of hydrogen-bond acceptors (Lipinski definition) is 5. The smallest absolute Gasteiger partial charge is 0.253 e. The van der Waals surface area contributed by atoms with Gasteiger partial charge in [0.25, 0.3) is 5.78 Å². The molecule has 0 aliphatic heterocycles. The van der Waals surface area contributed by atoms with Gasteiger partial charge < -0.3 is 5.73 Å². The number of aromatic nitrogens is 4. The van der Waals surface area contributed by atoms with Crippen molar-refractivity contribution < 1.29 is 4.79 Å². The van der Waals surface area contributed by atoms with Gasteiger partial charge in [-0.25, -0.2) is 9.50 Å². The molecular formula is C11H15N5O. The Bertz CT molecular complexity index is 599. The Morgan fingerprint density at radius 2 is 1.94 bits per heavy atom. The van der Waals surface area contributed by atoms with Crippen molar-refractivity contribution in [3.8, 4) is 0 Å². The van der Waals surface area contributed by atoms with E-state index < -0.39 is 6.04 Å². The molecule has 0 amide bonds. The summed E-state index contributed by atoms with van der Waals surface area (Å²) in [6.45, 7) is 7.41.